The van der Waals surface area contributed by atoms with E-state index in [1.165, 1.54) is 0 Å². The van der Waals surface area contributed by atoms with Crippen LogP contribution in [0.4, 0.5) is 0 Å². The largest absolute Gasteiger partial charge is 1.00 e. The summed E-state index contributed by atoms with van der Waals surface area (Å²) in [6.45, 7) is 0. The molecule has 0 aromatic heterocycles. The van der Waals surface area contributed by atoms with Gasteiger partial charge >= 0.3 is 51.4 Å². The van der Waals surface area contributed by atoms with Gasteiger partial charge in [-0.15, -0.1) is 0 Å². The summed E-state index contributed by atoms with van der Waals surface area (Å²) in [5, 5.41) is 0. The number of hydrogen-bond acceptors (Lipinski definition) is 0. The molecule has 42 valence electrons. The Morgan fingerprint density at radius 2 is 0.667 bits per heavy atom. The van der Waals surface area contributed by atoms with E-state index in [-0.39, 0.29) is 94.5 Å². The number of rotatable bonds is 0. The molecule has 0 saturated heterocycles. The zero-order valence-electron chi connectivity index (χ0n) is 4.35. The average Bonchev–Trinajstić information content (AvgIpc) is 0. The maximum Gasteiger partial charge on any atom is 1.00 e. The normalized spacial score (nSPS) is 0. The van der Waals surface area contributed by atoms with E-state index in [0.29, 0.717) is 0 Å². The fourth-order valence-electron chi connectivity index (χ4n) is 0. The first-order valence-electron chi connectivity index (χ1n) is 0. The van der Waals surface area contributed by atoms with Crippen molar-refractivity contribution >= 4 is 0 Å². The van der Waals surface area contributed by atoms with E-state index in [9.17, 15) is 0 Å². The maximum atomic E-state index is 0. The van der Waals surface area contributed by atoms with Gasteiger partial charge in [0.1, 0.15) is 0 Å². The van der Waals surface area contributed by atoms with Crippen LogP contribution < -0.4 is 51.4 Å². The molecule has 6 heavy (non-hydrogen) atoms. The quantitative estimate of drug-likeness (QED) is 0.395. The van der Waals surface area contributed by atoms with E-state index in [1.54, 1.807) is 0 Å². The average molecular weight is 302 g/mol. The number of hydrogen-bond donors (Lipinski definition) is 0. The predicted octanol–water partition coefficient (Wildman–Crippen LogP) is -6.18. The Morgan fingerprint density at radius 3 is 0.667 bits per heavy atom. The SMILES string of the molecule is O.O.O.O.[H-].[K+].[Os]. The third-order valence-electron chi connectivity index (χ3n) is 0. The standard InChI is InChI=1S/K.4H2O.Os.H/h;4*1H2;;/q+1;;;;;;-1. The van der Waals surface area contributed by atoms with Gasteiger partial charge in [0.25, 0.3) is 0 Å². The summed E-state index contributed by atoms with van der Waals surface area (Å²) in [5.74, 6) is 0. The third kappa shape index (κ3) is 35.8. The zero-order chi connectivity index (χ0) is 0. The Kier molecular flexibility index (Phi) is 912. The van der Waals surface area contributed by atoms with Crippen LogP contribution in [0.2, 0.25) is 0 Å². The molecular weight excluding hydrogens is 293 g/mol. The van der Waals surface area contributed by atoms with Crippen LogP contribution in [-0.4, -0.2) is 21.9 Å². The van der Waals surface area contributed by atoms with Crippen molar-refractivity contribution in [2.75, 3.05) is 0 Å². The van der Waals surface area contributed by atoms with E-state index in [0.717, 1.165) is 0 Å². The van der Waals surface area contributed by atoms with Crippen LogP contribution in [-0.2, 0) is 19.8 Å². The van der Waals surface area contributed by atoms with Crippen molar-refractivity contribution in [3.05, 3.63) is 0 Å². The zero-order valence-corrected chi connectivity index (χ0v) is 9.02. The first-order chi connectivity index (χ1) is 0. The molecule has 0 bridgehead atoms. The fourth-order valence-corrected chi connectivity index (χ4v) is 0. The Balaban J connectivity index is 0. The fraction of sp³-hybridized carbons (Fsp3) is 0. The second-order valence-electron chi connectivity index (χ2n) is 0. The van der Waals surface area contributed by atoms with Gasteiger partial charge in [-0.3, -0.25) is 0 Å². The molecule has 0 aliphatic carbocycles. The Labute approximate surface area is 92.9 Å². The molecule has 0 unspecified atom stereocenters. The molecule has 0 atom stereocenters. The van der Waals surface area contributed by atoms with Gasteiger partial charge in [0.15, 0.2) is 0 Å². The van der Waals surface area contributed by atoms with Crippen molar-refractivity contribution in [1.82, 2.24) is 0 Å². The van der Waals surface area contributed by atoms with Gasteiger partial charge in [0, 0.05) is 19.8 Å². The molecule has 4 nitrogen and oxygen atoms in total. The minimum atomic E-state index is 0. The minimum Gasteiger partial charge on any atom is -1.00 e. The first kappa shape index (κ1) is 92.0. The van der Waals surface area contributed by atoms with Gasteiger partial charge in [-0.25, -0.2) is 0 Å². The Bertz CT molecular complexity index is 11.7. The van der Waals surface area contributed by atoms with E-state index in [1.807, 2.05) is 0 Å². The van der Waals surface area contributed by atoms with Crippen molar-refractivity contribution in [2.24, 2.45) is 0 Å². The molecular formula is H9KO4Os. The van der Waals surface area contributed by atoms with Crippen LogP contribution in [0.5, 0.6) is 0 Å². The first-order valence-corrected chi connectivity index (χ1v) is 0. The third-order valence-corrected chi connectivity index (χ3v) is 0. The van der Waals surface area contributed by atoms with Crippen LogP contribution in [0.15, 0.2) is 0 Å². The molecule has 0 spiro atoms. The molecule has 0 amide bonds. The predicted molar refractivity (Wildman–Crippen MR) is 15.6 cm³/mol. The van der Waals surface area contributed by atoms with Crippen molar-refractivity contribution < 1.29 is 94.5 Å². The van der Waals surface area contributed by atoms with Gasteiger partial charge in [0.05, 0.1) is 0 Å². The molecule has 8 N–H and O–H groups in total. The van der Waals surface area contributed by atoms with Gasteiger partial charge in [-0.1, -0.05) is 0 Å². The summed E-state index contributed by atoms with van der Waals surface area (Å²) in [7, 11) is 0. The molecule has 0 aliphatic rings. The molecule has 0 aromatic carbocycles. The second kappa shape index (κ2) is 59.5. The molecule has 6 heteroatoms. The summed E-state index contributed by atoms with van der Waals surface area (Å²) in [5.41, 5.74) is 0. The van der Waals surface area contributed by atoms with Crippen LogP contribution in [0.25, 0.3) is 0 Å². The molecule has 0 radical (unpaired) electrons. The Hall–Kier alpha value is 2.11. The summed E-state index contributed by atoms with van der Waals surface area (Å²) >= 11 is 0. The molecule has 0 rings (SSSR count). The second-order valence-corrected chi connectivity index (χ2v) is 0. The van der Waals surface area contributed by atoms with Crippen LogP contribution in [0.1, 0.15) is 1.43 Å². The molecule has 0 heterocycles. The van der Waals surface area contributed by atoms with E-state index >= 15 is 0 Å². The van der Waals surface area contributed by atoms with Crippen molar-refractivity contribution in [3.63, 3.8) is 0 Å². The van der Waals surface area contributed by atoms with Crippen molar-refractivity contribution in [3.8, 4) is 0 Å². The van der Waals surface area contributed by atoms with Gasteiger partial charge in [-0.2, -0.15) is 0 Å². The molecule has 0 aliphatic heterocycles. The Morgan fingerprint density at radius 1 is 0.667 bits per heavy atom. The summed E-state index contributed by atoms with van der Waals surface area (Å²) in [6, 6.07) is 0. The van der Waals surface area contributed by atoms with Crippen LogP contribution in [0, 0.1) is 0 Å². The van der Waals surface area contributed by atoms with Gasteiger partial charge in [-0.05, 0) is 0 Å². The smallest absolute Gasteiger partial charge is 1.00 e. The van der Waals surface area contributed by atoms with E-state index in [4.69, 9.17) is 0 Å². The van der Waals surface area contributed by atoms with Gasteiger partial charge in [0.2, 0.25) is 0 Å². The summed E-state index contributed by atoms with van der Waals surface area (Å²) < 4.78 is 0. The van der Waals surface area contributed by atoms with E-state index in [2.05, 4.69) is 0 Å². The molecule has 0 saturated carbocycles. The minimum absolute atomic E-state index is 0. The van der Waals surface area contributed by atoms with Crippen molar-refractivity contribution in [2.45, 2.75) is 0 Å². The van der Waals surface area contributed by atoms with Crippen LogP contribution in [0.3, 0.4) is 0 Å². The topological polar surface area (TPSA) is 126 Å². The van der Waals surface area contributed by atoms with E-state index < -0.39 is 0 Å². The van der Waals surface area contributed by atoms with Crippen LogP contribution >= 0.6 is 0 Å². The summed E-state index contributed by atoms with van der Waals surface area (Å²) in [6.07, 6.45) is 0. The molecule has 0 fully saturated rings. The van der Waals surface area contributed by atoms with Crippen molar-refractivity contribution in [1.29, 1.82) is 0 Å². The van der Waals surface area contributed by atoms with Gasteiger partial charge < -0.3 is 23.3 Å². The maximum absolute atomic E-state index is 0. The monoisotopic (exact) mass is 304 g/mol. The summed E-state index contributed by atoms with van der Waals surface area (Å²) in [4.78, 5) is 0. The molecule has 0 aromatic rings.